The molecule has 98 valence electrons. The molecular formula is C10H11Cl2N3OS2. The summed E-state index contributed by atoms with van der Waals surface area (Å²) < 4.78 is 0. The molecule has 1 saturated heterocycles. The maximum Gasteiger partial charge on any atom is 0.254 e. The normalized spacial score (nSPS) is 19.6. The highest BCUT2D eigenvalue weighted by Gasteiger charge is 2.17. The van der Waals surface area contributed by atoms with Crippen molar-refractivity contribution in [2.24, 2.45) is 0 Å². The second-order valence-electron chi connectivity index (χ2n) is 3.65. The number of halogens is 2. The Balaban J connectivity index is 1.92. The number of thioether (sulfide) groups is 2. The lowest BCUT2D eigenvalue weighted by Crippen LogP contribution is -2.33. The number of hydrogen-bond acceptors (Lipinski definition) is 5. The lowest BCUT2D eigenvalue weighted by atomic mass is 10.3. The quantitative estimate of drug-likeness (QED) is 0.925. The van der Waals surface area contributed by atoms with E-state index in [0.29, 0.717) is 11.8 Å². The average molecular weight is 324 g/mol. The number of rotatable bonds is 3. The molecule has 0 aliphatic carbocycles. The van der Waals surface area contributed by atoms with Crippen molar-refractivity contribution < 1.29 is 4.79 Å². The summed E-state index contributed by atoms with van der Waals surface area (Å²) in [6, 6.07) is 1.43. The molecule has 18 heavy (non-hydrogen) atoms. The van der Waals surface area contributed by atoms with Gasteiger partial charge in [-0.3, -0.25) is 4.79 Å². The van der Waals surface area contributed by atoms with E-state index in [1.165, 1.54) is 11.8 Å². The fourth-order valence-electron chi connectivity index (χ4n) is 1.47. The Hall–Kier alpha value is -0.170. The van der Waals surface area contributed by atoms with Crippen LogP contribution in [-0.2, 0) is 0 Å². The van der Waals surface area contributed by atoms with Gasteiger partial charge in [0.15, 0.2) is 10.3 Å². The molecule has 1 fully saturated rings. The van der Waals surface area contributed by atoms with Gasteiger partial charge in [-0.1, -0.05) is 23.2 Å². The summed E-state index contributed by atoms with van der Waals surface area (Å²) in [6.07, 6.45) is 0. The molecule has 2 rings (SSSR count). The third-order valence-electron chi connectivity index (χ3n) is 2.34. The van der Waals surface area contributed by atoms with Gasteiger partial charge < -0.3 is 5.32 Å². The van der Waals surface area contributed by atoms with E-state index in [2.05, 4.69) is 15.5 Å². The Morgan fingerprint density at radius 3 is 3.00 bits per heavy atom. The minimum absolute atomic E-state index is 0.0718. The van der Waals surface area contributed by atoms with Crippen LogP contribution in [0.3, 0.4) is 0 Å². The molecule has 1 aliphatic heterocycles. The molecular weight excluding hydrogens is 313 g/mol. The number of hydrogen-bond donors (Lipinski definition) is 1. The van der Waals surface area contributed by atoms with E-state index in [0.717, 1.165) is 11.5 Å². The van der Waals surface area contributed by atoms with Gasteiger partial charge >= 0.3 is 0 Å². The van der Waals surface area contributed by atoms with Crippen molar-refractivity contribution in [2.45, 2.75) is 5.25 Å². The van der Waals surface area contributed by atoms with Gasteiger partial charge in [0, 0.05) is 29.1 Å². The summed E-state index contributed by atoms with van der Waals surface area (Å²) in [4.78, 5) is 11.9. The van der Waals surface area contributed by atoms with Crippen LogP contribution in [0.4, 0.5) is 0 Å². The maximum atomic E-state index is 11.9. The van der Waals surface area contributed by atoms with Crippen molar-refractivity contribution in [3.05, 3.63) is 21.9 Å². The highest BCUT2D eigenvalue weighted by molar-refractivity contribution is 8.06. The summed E-state index contributed by atoms with van der Waals surface area (Å²) in [5.74, 6) is 3.13. The fraction of sp³-hybridized carbons (Fsp3) is 0.500. The van der Waals surface area contributed by atoms with Gasteiger partial charge in [0.25, 0.3) is 5.91 Å². The van der Waals surface area contributed by atoms with E-state index in [1.807, 2.05) is 23.5 Å². The van der Waals surface area contributed by atoms with Crippen molar-refractivity contribution in [3.8, 4) is 0 Å². The standard InChI is InChI=1S/C10H11Cl2N3OS2/c11-8-3-7(9(12)15-14-8)10(16)13-4-6-5-17-1-2-18-6/h3,6H,1-2,4-5H2,(H,13,16). The summed E-state index contributed by atoms with van der Waals surface area (Å²) >= 11 is 15.3. The van der Waals surface area contributed by atoms with Crippen LogP contribution in [0, 0.1) is 0 Å². The second-order valence-corrected chi connectivity index (χ2v) is 6.95. The number of carbonyl (C=O) groups excluding carboxylic acids is 1. The van der Waals surface area contributed by atoms with E-state index in [1.54, 1.807) is 0 Å². The third-order valence-corrected chi connectivity index (χ3v) is 5.65. The Morgan fingerprint density at radius 2 is 2.28 bits per heavy atom. The minimum Gasteiger partial charge on any atom is -0.351 e. The molecule has 0 aromatic carbocycles. The van der Waals surface area contributed by atoms with Gasteiger partial charge in [0.1, 0.15) is 0 Å². The zero-order chi connectivity index (χ0) is 13.0. The Kier molecular flexibility index (Phi) is 5.41. The number of nitrogens with one attached hydrogen (secondary N) is 1. The van der Waals surface area contributed by atoms with Crippen LogP contribution < -0.4 is 5.32 Å². The summed E-state index contributed by atoms with van der Waals surface area (Å²) in [5, 5.41) is 10.7. The van der Waals surface area contributed by atoms with Crippen LogP contribution >= 0.6 is 46.7 Å². The minimum atomic E-state index is -0.257. The fourth-order valence-corrected chi connectivity index (χ4v) is 4.41. The SMILES string of the molecule is O=C(NCC1CSCCS1)c1cc(Cl)nnc1Cl. The lowest BCUT2D eigenvalue weighted by molar-refractivity contribution is 0.0954. The van der Waals surface area contributed by atoms with Gasteiger partial charge in [-0.05, 0) is 6.07 Å². The van der Waals surface area contributed by atoms with Crippen LogP contribution in [0.15, 0.2) is 6.07 Å². The third kappa shape index (κ3) is 3.91. The van der Waals surface area contributed by atoms with Crippen molar-refractivity contribution in [3.63, 3.8) is 0 Å². The molecule has 0 bridgehead atoms. The number of carbonyl (C=O) groups is 1. The van der Waals surface area contributed by atoms with Gasteiger partial charge in [-0.25, -0.2) is 0 Å². The van der Waals surface area contributed by atoms with Crippen molar-refractivity contribution in [2.75, 3.05) is 23.8 Å². The summed E-state index contributed by atoms with van der Waals surface area (Å²) in [6.45, 7) is 0.632. The first kappa shape index (κ1) is 14.2. The average Bonchev–Trinajstić information content (AvgIpc) is 2.40. The molecule has 4 nitrogen and oxygen atoms in total. The number of nitrogens with zero attached hydrogens (tertiary/aromatic N) is 2. The van der Waals surface area contributed by atoms with E-state index < -0.39 is 0 Å². The van der Waals surface area contributed by atoms with Gasteiger partial charge in [-0.2, -0.15) is 23.5 Å². The molecule has 1 amide bonds. The smallest absolute Gasteiger partial charge is 0.254 e. The number of aromatic nitrogens is 2. The predicted octanol–water partition coefficient (Wildman–Crippen LogP) is 2.36. The van der Waals surface area contributed by atoms with Crippen LogP contribution in [0.1, 0.15) is 10.4 Å². The maximum absolute atomic E-state index is 11.9. The Bertz CT molecular complexity index is 441. The second kappa shape index (κ2) is 6.84. The van der Waals surface area contributed by atoms with E-state index in [4.69, 9.17) is 23.2 Å². The zero-order valence-electron chi connectivity index (χ0n) is 9.36. The largest absolute Gasteiger partial charge is 0.351 e. The molecule has 1 aromatic heterocycles. The van der Waals surface area contributed by atoms with Crippen LogP contribution in [0.5, 0.6) is 0 Å². The van der Waals surface area contributed by atoms with Crippen LogP contribution in [0.2, 0.25) is 10.3 Å². The highest BCUT2D eigenvalue weighted by Crippen LogP contribution is 2.23. The summed E-state index contributed by atoms with van der Waals surface area (Å²) in [7, 11) is 0. The van der Waals surface area contributed by atoms with Crippen molar-refractivity contribution in [1.82, 2.24) is 15.5 Å². The molecule has 0 saturated carbocycles. The van der Waals surface area contributed by atoms with Gasteiger partial charge in [0.05, 0.1) is 5.56 Å². The van der Waals surface area contributed by atoms with E-state index in [-0.39, 0.29) is 21.8 Å². The van der Waals surface area contributed by atoms with Crippen LogP contribution in [-0.4, -0.2) is 45.2 Å². The monoisotopic (exact) mass is 323 g/mol. The molecule has 1 atom stereocenters. The molecule has 8 heteroatoms. The van der Waals surface area contributed by atoms with E-state index >= 15 is 0 Å². The molecule has 0 radical (unpaired) electrons. The molecule has 1 unspecified atom stereocenters. The first-order valence-corrected chi connectivity index (χ1v) is 8.29. The summed E-state index contributed by atoms with van der Waals surface area (Å²) in [5.41, 5.74) is 0.269. The topological polar surface area (TPSA) is 54.9 Å². The van der Waals surface area contributed by atoms with Crippen LogP contribution in [0.25, 0.3) is 0 Å². The Labute approximate surface area is 124 Å². The molecule has 2 heterocycles. The van der Waals surface area contributed by atoms with Gasteiger partial charge in [-0.15, -0.1) is 10.2 Å². The van der Waals surface area contributed by atoms with E-state index in [9.17, 15) is 4.79 Å². The zero-order valence-corrected chi connectivity index (χ0v) is 12.5. The molecule has 1 aromatic rings. The molecule has 1 aliphatic rings. The van der Waals surface area contributed by atoms with Crippen molar-refractivity contribution >= 4 is 52.6 Å². The first-order valence-electron chi connectivity index (χ1n) is 5.33. The predicted molar refractivity (Wildman–Crippen MR) is 78.0 cm³/mol. The van der Waals surface area contributed by atoms with Gasteiger partial charge in [0.2, 0.25) is 0 Å². The van der Waals surface area contributed by atoms with Crippen molar-refractivity contribution in [1.29, 1.82) is 0 Å². The first-order chi connectivity index (χ1) is 8.66. The molecule has 0 spiro atoms. The highest BCUT2D eigenvalue weighted by atomic mass is 35.5. The number of amides is 1. The molecule has 1 N–H and O–H groups in total. The lowest BCUT2D eigenvalue weighted by Gasteiger charge is -2.21. The Morgan fingerprint density at radius 1 is 1.44 bits per heavy atom.